The highest BCUT2D eigenvalue weighted by molar-refractivity contribution is 7.17. The fourth-order valence-electron chi connectivity index (χ4n) is 2.69. The standard InChI is InChI=1S/C20H14FN3O2S/c1-12(25)24-15-6-8-16(9-7-15)26-19-18-17(10-27-20(18)23-11-22-19)13-2-4-14(21)5-3-13/h2-11H,1H3,(H,24,25). The number of hydrogen-bond acceptors (Lipinski definition) is 5. The number of thiophene rings is 1. The van der Waals surface area contributed by atoms with E-state index >= 15 is 0 Å². The SMILES string of the molecule is CC(=O)Nc1ccc(Oc2ncnc3scc(-c4ccc(F)cc4)c23)cc1. The maximum atomic E-state index is 13.2. The van der Waals surface area contributed by atoms with Gasteiger partial charge in [-0.05, 0) is 42.0 Å². The summed E-state index contributed by atoms with van der Waals surface area (Å²) in [5.41, 5.74) is 2.44. The van der Waals surface area contributed by atoms with Gasteiger partial charge in [-0.3, -0.25) is 4.79 Å². The number of nitrogens with zero attached hydrogens (tertiary/aromatic N) is 2. The van der Waals surface area contributed by atoms with Crippen LogP contribution in [-0.4, -0.2) is 15.9 Å². The first kappa shape index (κ1) is 17.1. The first-order valence-corrected chi connectivity index (χ1v) is 9.02. The van der Waals surface area contributed by atoms with Crippen molar-refractivity contribution in [3.63, 3.8) is 0 Å². The second-order valence-corrected chi connectivity index (χ2v) is 6.68. The third-order valence-electron chi connectivity index (χ3n) is 3.88. The van der Waals surface area contributed by atoms with Crippen molar-refractivity contribution < 1.29 is 13.9 Å². The van der Waals surface area contributed by atoms with Gasteiger partial charge in [0.15, 0.2) is 0 Å². The summed E-state index contributed by atoms with van der Waals surface area (Å²) in [6.45, 7) is 1.45. The van der Waals surface area contributed by atoms with Gasteiger partial charge < -0.3 is 10.1 Å². The van der Waals surface area contributed by atoms with Crippen molar-refractivity contribution in [1.29, 1.82) is 0 Å². The van der Waals surface area contributed by atoms with Crippen LogP contribution in [0.2, 0.25) is 0 Å². The lowest BCUT2D eigenvalue weighted by atomic mass is 10.1. The van der Waals surface area contributed by atoms with Gasteiger partial charge in [-0.15, -0.1) is 11.3 Å². The van der Waals surface area contributed by atoms with E-state index in [1.165, 1.54) is 36.7 Å². The van der Waals surface area contributed by atoms with E-state index in [0.717, 1.165) is 21.3 Å². The summed E-state index contributed by atoms with van der Waals surface area (Å²) < 4.78 is 19.2. The van der Waals surface area contributed by atoms with Crippen molar-refractivity contribution >= 4 is 33.1 Å². The average Bonchev–Trinajstić information content (AvgIpc) is 3.09. The van der Waals surface area contributed by atoms with Crippen LogP contribution in [0.5, 0.6) is 11.6 Å². The fourth-order valence-corrected chi connectivity index (χ4v) is 3.59. The maximum absolute atomic E-state index is 13.2. The largest absolute Gasteiger partial charge is 0.438 e. The molecule has 0 fully saturated rings. The molecule has 0 saturated carbocycles. The Morgan fingerprint density at radius 2 is 1.81 bits per heavy atom. The van der Waals surface area contributed by atoms with Crippen LogP contribution in [0, 0.1) is 5.82 Å². The van der Waals surface area contributed by atoms with Crippen LogP contribution < -0.4 is 10.1 Å². The number of amides is 1. The fraction of sp³-hybridized carbons (Fsp3) is 0.0500. The number of anilines is 1. The topological polar surface area (TPSA) is 64.1 Å². The van der Waals surface area contributed by atoms with Gasteiger partial charge in [0.25, 0.3) is 0 Å². The minimum atomic E-state index is -0.287. The van der Waals surface area contributed by atoms with Crippen LogP contribution in [0.1, 0.15) is 6.92 Å². The molecule has 7 heteroatoms. The van der Waals surface area contributed by atoms with E-state index in [2.05, 4.69) is 15.3 Å². The number of carbonyl (C=O) groups excluding carboxylic acids is 1. The van der Waals surface area contributed by atoms with Gasteiger partial charge in [0, 0.05) is 23.6 Å². The Morgan fingerprint density at radius 3 is 2.52 bits per heavy atom. The predicted octanol–water partition coefficient (Wildman–Crippen LogP) is 5.25. The van der Waals surface area contributed by atoms with Crippen LogP contribution in [0.3, 0.4) is 0 Å². The van der Waals surface area contributed by atoms with E-state index in [-0.39, 0.29) is 11.7 Å². The molecule has 2 heterocycles. The summed E-state index contributed by atoms with van der Waals surface area (Å²) in [4.78, 5) is 20.5. The molecular formula is C20H14FN3O2S. The Hall–Kier alpha value is -3.32. The summed E-state index contributed by atoms with van der Waals surface area (Å²) in [6.07, 6.45) is 1.45. The van der Waals surface area contributed by atoms with Gasteiger partial charge in [0.2, 0.25) is 11.8 Å². The summed E-state index contributed by atoms with van der Waals surface area (Å²) in [5.74, 6) is 0.585. The molecule has 4 aromatic rings. The van der Waals surface area contributed by atoms with Gasteiger partial charge in [0.1, 0.15) is 22.7 Å². The summed E-state index contributed by atoms with van der Waals surface area (Å²) in [6, 6.07) is 13.3. The predicted molar refractivity (Wildman–Crippen MR) is 104 cm³/mol. The minimum Gasteiger partial charge on any atom is -0.438 e. The normalized spacial score (nSPS) is 10.7. The molecule has 0 aliphatic rings. The first-order chi connectivity index (χ1) is 13.1. The van der Waals surface area contributed by atoms with Crippen LogP contribution >= 0.6 is 11.3 Å². The third-order valence-corrected chi connectivity index (χ3v) is 4.77. The molecule has 0 bridgehead atoms. The Morgan fingerprint density at radius 1 is 1.07 bits per heavy atom. The second kappa shape index (κ2) is 7.13. The number of hydrogen-bond donors (Lipinski definition) is 1. The van der Waals surface area contributed by atoms with E-state index in [1.54, 1.807) is 36.4 Å². The number of halogens is 1. The maximum Gasteiger partial charge on any atom is 0.231 e. The Bertz CT molecular complexity index is 1110. The Labute approximate surface area is 158 Å². The van der Waals surface area contributed by atoms with Gasteiger partial charge in [0.05, 0.1) is 5.39 Å². The zero-order chi connectivity index (χ0) is 18.8. The minimum absolute atomic E-state index is 0.136. The van der Waals surface area contributed by atoms with Crippen molar-refractivity contribution in [3.8, 4) is 22.8 Å². The summed E-state index contributed by atoms with van der Waals surface area (Å²) >= 11 is 1.47. The number of ether oxygens (including phenoxy) is 1. The van der Waals surface area contributed by atoms with Crippen molar-refractivity contribution in [1.82, 2.24) is 9.97 Å². The molecule has 5 nitrogen and oxygen atoms in total. The number of aromatic nitrogens is 2. The monoisotopic (exact) mass is 379 g/mol. The highest BCUT2D eigenvalue weighted by Gasteiger charge is 2.15. The van der Waals surface area contributed by atoms with Crippen LogP contribution in [0.25, 0.3) is 21.3 Å². The molecule has 134 valence electrons. The number of rotatable bonds is 4. The molecule has 0 aliphatic heterocycles. The lowest BCUT2D eigenvalue weighted by Crippen LogP contribution is -2.05. The van der Waals surface area contributed by atoms with Crippen molar-refractivity contribution in [2.45, 2.75) is 6.92 Å². The molecule has 1 N–H and O–H groups in total. The average molecular weight is 379 g/mol. The van der Waals surface area contributed by atoms with Crippen LogP contribution in [0.15, 0.2) is 60.2 Å². The number of benzene rings is 2. The summed E-state index contributed by atoms with van der Waals surface area (Å²) in [7, 11) is 0. The summed E-state index contributed by atoms with van der Waals surface area (Å²) in [5, 5.41) is 5.44. The number of fused-ring (bicyclic) bond motifs is 1. The van der Waals surface area contributed by atoms with E-state index in [4.69, 9.17) is 4.74 Å². The van der Waals surface area contributed by atoms with Crippen LogP contribution in [-0.2, 0) is 4.79 Å². The number of nitrogens with one attached hydrogen (secondary N) is 1. The molecular weight excluding hydrogens is 365 g/mol. The molecule has 0 aliphatic carbocycles. The smallest absolute Gasteiger partial charge is 0.231 e. The second-order valence-electron chi connectivity index (χ2n) is 5.82. The lowest BCUT2D eigenvalue weighted by Gasteiger charge is -2.08. The Kier molecular flexibility index (Phi) is 4.52. The third kappa shape index (κ3) is 3.63. The molecule has 1 amide bonds. The Balaban J connectivity index is 1.70. The van der Waals surface area contributed by atoms with Crippen molar-refractivity contribution in [3.05, 3.63) is 66.1 Å². The van der Waals surface area contributed by atoms with Crippen molar-refractivity contribution in [2.75, 3.05) is 5.32 Å². The van der Waals surface area contributed by atoms with E-state index in [1.807, 2.05) is 5.38 Å². The highest BCUT2D eigenvalue weighted by Crippen LogP contribution is 2.39. The molecule has 0 spiro atoms. The molecule has 2 aromatic heterocycles. The number of carbonyl (C=O) groups is 1. The van der Waals surface area contributed by atoms with Crippen molar-refractivity contribution in [2.24, 2.45) is 0 Å². The molecule has 0 atom stereocenters. The zero-order valence-corrected chi connectivity index (χ0v) is 15.1. The molecule has 2 aromatic carbocycles. The van der Waals surface area contributed by atoms with Crippen LogP contribution in [0.4, 0.5) is 10.1 Å². The quantitative estimate of drug-likeness (QED) is 0.526. The highest BCUT2D eigenvalue weighted by atomic mass is 32.1. The molecule has 0 saturated heterocycles. The van der Waals surface area contributed by atoms with E-state index < -0.39 is 0 Å². The van der Waals surface area contributed by atoms with E-state index in [9.17, 15) is 9.18 Å². The van der Waals surface area contributed by atoms with Gasteiger partial charge >= 0.3 is 0 Å². The first-order valence-electron chi connectivity index (χ1n) is 8.14. The molecule has 27 heavy (non-hydrogen) atoms. The molecule has 0 unspecified atom stereocenters. The molecule has 0 radical (unpaired) electrons. The van der Waals surface area contributed by atoms with E-state index in [0.29, 0.717) is 17.3 Å². The van der Waals surface area contributed by atoms with Gasteiger partial charge in [-0.25, -0.2) is 14.4 Å². The lowest BCUT2D eigenvalue weighted by molar-refractivity contribution is -0.114. The van der Waals surface area contributed by atoms with Gasteiger partial charge in [-0.1, -0.05) is 12.1 Å². The zero-order valence-electron chi connectivity index (χ0n) is 14.3. The van der Waals surface area contributed by atoms with Gasteiger partial charge in [-0.2, -0.15) is 0 Å². The molecule has 4 rings (SSSR count).